The third-order valence-corrected chi connectivity index (χ3v) is 7.75. The summed E-state index contributed by atoms with van der Waals surface area (Å²) >= 11 is 0. The van der Waals surface area contributed by atoms with E-state index in [1.54, 1.807) is 12.1 Å². The van der Waals surface area contributed by atoms with Crippen LogP contribution < -0.4 is 10.3 Å². The number of hydrazone groups is 1. The summed E-state index contributed by atoms with van der Waals surface area (Å²) < 4.78 is 34.0. The molecule has 0 aliphatic carbocycles. The molecule has 0 bridgehead atoms. The van der Waals surface area contributed by atoms with Gasteiger partial charge in [-0.1, -0.05) is 33.8 Å². The molecule has 13 nitrogen and oxygen atoms in total. The van der Waals surface area contributed by atoms with Crippen LogP contribution in [0.1, 0.15) is 33.3 Å². The highest BCUT2D eigenvalue weighted by atomic mass is 32.2. The predicted octanol–water partition coefficient (Wildman–Crippen LogP) is 4.09. The van der Waals surface area contributed by atoms with Crippen molar-refractivity contribution in [3.8, 4) is 0 Å². The molecule has 1 aliphatic heterocycles. The van der Waals surface area contributed by atoms with Gasteiger partial charge in [0.2, 0.25) is 10.0 Å². The Morgan fingerprint density at radius 1 is 1.03 bits per heavy atom. The van der Waals surface area contributed by atoms with E-state index in [9.17, 15) is 28.6 Å². The fourth-order valence-corrected chi connectivity index (χ4v) is 6.10. The molecule has 39 heavy (non-hydrogen) atoms. The third-order valence-electron chi connectivity index (χ3n) is 5.88. The van der Waals surface area contributed by atoms with Crippen LogP contribution in [-0.2, 0) is 14.8 Å². The van der Waals surface area contributed by atoms with Crippen molar-refractivity contribution in [2.24, 2.45) is 16.9 Å². The van der Waals surface area contributed by atoms with Crippen molar-refractivity contribution in [2.75, 3.05) is 49.7 Å². The Morgan fingerprint density at radius 3 is 2.23 bits per heavy atom. The molecular weight excluding hydrogens is 528 g/mol. The maximum atomic E-state index is 13.7. The largest absolute Gasteiger partial charge is 0.378 e. The molecule has 3 rings (SSSR count). The van der Waals surface area contributed by atoms with E-state index in [0.717, 1.165) is 6.07 Å². The molecule has 0 amide bonds. The van der Waals surface area contributed by atoms with E-state index in [1.165, 1.54) is 28.7 Å². The summed E-state index contributed by atoms with van der Waals surface area (Å²) in [6, 6.07) is 8.19. The highest BCUT2D eigenvalue weighted by molar-refractivity contribution is 7.89. The number of sulfonamides is 1. The van der Waals surface area contributed by atoms with Gasteiger partial charge in [-0.3, -0.25) is 25.7 Å². The number of nitrogens with zero attached hydrogens (tertiary/aromatic N) is 5. The molecule has 2 aromatic carbocycles. The first-order valence-corrected chi connectivity index (χ1v) is 14.0. The Bertz CT molecular complexity index is 1310. The summed E-state index contributed by atoms with van der Waals surface area (Å²) in [6.45, 7) is 10.1. The van der Waals surface area contributed by atoms with Gasteiger partial charge in [0.1, 0.15) is 10.6 Å². The van der Waals surface area contributed by atoms with Crippen LogP contribution in [0.2, 0.25) is 0 Å². The topological polar surface area (TPSA) is 161 Å². The van der Waals surface area contributed by atoms with Crippen molar-refractivity contribution >= 4 is 39.0 Å². The number of hydrogen-bond acceptors (Lipinski definition) is 10. The summed E-state index contributed by atoms with van der Waals surface area (Å²) in [5.41, 5.74) is 3.16. The average molecular weight is 563 g/mol. The second kappa shape index (κ2) is 13.0. The van der Waals surface area contributed by atoms with E-state index >= 15 is 0 Å². The lowest BCUT2D eigenvalue weighted by Crippen LogP contribution is -2.37. The zero-order valence-electron chi connectivity index (χ0n) is 22.4. The van der Waals surface area contributed by atoms with Crippen molar-refractivity contribution in [1.82, 2.24) is 4.31 Å². The monoisotopic (exact) mass is 562 g/mol. The maximum absolute atomic E-state index is 13.7. The average Bonchev–Trinajstić information content (AvgIpc) is 2.88. The highest BCUT2D eigenvalue weighted by Crippen LogP contribution is 2.31. The molecule has 1 aliphatic rings. The van der Waals surface area contributed by atoms with E-state index in [-0.39, 0.29) is 46.9 Å². The van der Waals surface area contributed by atoms with E-state index < -0.39 is 19.9 Å². The first-order valence-electron chi connectivity index (χ1n) is 12.6. The number of hydrogen-bond donors (Lipinski definition) is 1. The minimum Gasteiger partial charge on any atom is -0.378 e. The van der Waals surface area contributed by atoms with Crippen LogP contribution in [0, 0.1) is 32.1 Å². The number of nitro groups is 2. The van der Waals surface area contributed by atoms with Gasteiger partial charge in [0, 0.05) is 49.9 Å². The molecule has 1 N–H and O–H groups in total. The Kier molecular flexibility index (Phi) is 9.94. The summed E-state index contributed by atoms with van der Waals surface area (Å²) in [5.74, 6) is 0.0609. The molecule has 1 heterocycles. The van der Waals surface area contributed by atoms with Crippen molar-refractivity contribution in [2.45, 2.75) is 32.6 Å². The van der Waals surface area contributed by atoms with Crippen LogP contribution in [-0.4, -0.2) is 68.2 Å². The highest BCUT2D eigenvalue weighted by Gasteiger charge is 2.30. The number of nitrogens with one attached hydrogen (secondary N) is 1. The summed E-state index contributed by atoms with van der Waals surface area (Å²) in [4.78, 5) is 23.6. The fourth-order valence-electron chi connectivity index (χ4n) is 4.17. The van der Waals surface area contributed by atoms with Crippen LogP contribution in [0.5, 0.6) is 0 Å². The Morgan fingerprint density at radius 2 is 1.67 bits per heavy atom. The van der Waals surface area contributed by atoms with E-state index in [2.05, 4.69) is 10.5 Å². The molecule has 2 aromatic rings. The number of ether oxygens (including phenoxy) is 1. The molecule has 0 aromatic heterocycles. The summed E-state index contributed by atoms with van der Waals surface area (Å²) in [7, 11) is -4.12. The first-order chi connectivity index (χ1) is 18.4. The molecule has 0 unspecified atom stereocenters. The van der Waals surface area contributed by atoms with Gasteiger partial charge in [0.05, 0.1) is 35.0 Å². The molecule has 212 valence electrons. The smallest absolute Gasteiger partial charge is 0.293 e. The minimum absolute atomic E-state index is 0.0304. The minimum atomic E-state index is -4.12. The molecule has 1 saturated heterocycles. The molecule has 14 heteroatoms. The summed E-state index contributed by atoms with van der Waals surface area (Å²) in [5, 5.41) is 27.3. The van der Waals surface area contributed by atoms with E-state index in [4.69, 9.17) is 4.74 Å². The molecule has 0 saturated carbocycles. The van der Waals surface area contributed by atoms with Crippen LogP contribution >= 0.6 is 0 Å². The number of benzene rings is 2. The second-order valence-corrected chi connectivity index (χ2v) is 11.9. The van der Waals surface area contributed by atoms with Crippen LogP contribution in [0.3, 0.4) is 0 Å². The van der Waals surface area contributed by atoms with Gasteiger partial charge in [-0.25, -0.2) is 8.42 Å². The number of rotatable bonds is 12. The van der Waals surface area contributed by atoms with Crippen LogP contribution in [0.4, 0.5) is 22.7 Å². The molecule has 0 radical (unpaired) electrons. The maximum Gasteiger partial charge on any atom is 0.293 e. The molecular formula is C25H34N6O7S. The van der Waals surface area contributed by atoms with Gasteiger partial charge in [-0.2, -0.15) is 9.41 Å². The molecule has 0 spiro atoms. The standard InChI is InChI=1S/C25H34N6O7S/c1-18(2)16-29(17-19(3)4)39(36,37)25-14-21(30(32)33)6-7-22(25)27-26-15-20-5-8-23(24(13-20)31(34)35)28-9-11-38-12-10-28/h5-8,13-15,18-19,27H,9-12,16-17H2,1-4H3/b26-15+. The second-order valence-electron chi connectivity index (χ2n) is 10.0. The van der Waals surface area contributed by atoms with Gasteiger partial charge in [-0.05, 0) is 24.0 Å². The first kappa shape index (κ1) is 29.9. The number of anilines is 2. The zero-order valence-corrected chi connectivity index (χ0v) is 23.3. The van der Waals surface area contributed by atoms with Crippen molar-refractivity contribution in [3.63, 3.8) is 0 Å². The molecule has 1 fully saturated rings. The summed E-state index contributed by atoms with van der Waals surface area (Å²) in [6.07, 6.45) is 1.33. The lowest BCUT2D eigenvalue weighted by atomic mass is 10.1. The van der Waals surface area contributed by atoms with E-state index in [0.29, 0.717) is 37.6 Å². The van der Waals surface area contributed by atoms with Crippen molar-refractivity contribution in [1.29, 1.82) is 0 Å². The van der Waals surface area contributed by atoms with Crippen LogP contribution in [0.25, 0.3) is 0 Å². The number of non-ortho nitro benzene ring substituents is 1. The van der Waals surface area contributed by atoms with Gasteiger partial charge >= 0.3 is 0 Å². The van der Waals surface area contributed by atoms with Gasteiger partial charge in [-0.15, -0.1) is 0 Å². The van der Waals surface area contributed by atoms with Crippen LogP contribution in [0.15, 0.2) is 46.4 Å². The Labute approximate surface area is 227 Å². The molecule has 0 atom stereocenters. The zero-order chi connectivity index (χ0) is 28.7. The number of nitro benzene ring substituents is 2. The van der Waals surface area contributed by atoms with E-state index in [1.807, 2.05) is 32.6 Å². The lowest BCUT2D eigenvalue weighted by molar-refractivity contribution is -0.385. The van der Waals surface area contributed by atoms with Crippen molar-refractivity contribution < 1.29 is 23.0 Å². The normalized spacial score (nSPS) is 14.5. The number of morpholine rings is 1. The van der Waals surface area contributed by atoms with Gasteiger partial charge in [0.15, 0.2) is 0 Å². The Hall–Kier alpha value is -3.62. The third kappa shape index (κ3) is 7.71. The van der Waals surface area contributed by atoms with Gasteiger partial charge in [0.25, 0.3) is 11.4 Å². The fraction of sp³-hybridized carbons (Fsp3) is 0.480. The van der Waals surface area contributed by atoms with Gasteiger partial charge < -0.3 is 9.64 Å². The predicted molar refractivity (Wildman–Crippen MR) is 149 cm³/mol. The Balaban J connectivity index is 1.94. The quantitative estimate of drug-likeness (QED) is 0.228. The van der Waals surface area contributed by atoms with Crippen molar-refractivity contribution in [3.05, 3.63) is 62.2 Å². The lowest BCUT2D eigenvalue weighted by Gasteiger charge is -2.28. The SMILES string of the molecule is CC(C)CN(CC(C)C)S(=O)(=O)c1cc([N+](=O)[O-])ccc1N/N=C/c1ccc(N2CCOCC2)c([N+](=O)[O-])c1.